The molecule has 0 bridgehead atoms. The lowest BCUT2D eigenvalue weighted by molar-refractivity contribution is 0.247. The Morgan fingerprint density at radius 2 is 2.31 bits per heavy atom. The Bertz CT molecular complexity index is 354. The Balaban J connectivity index is 2.09. The lowest BCUT2D eigenvalue weighted by Gasteiger charge is -2.36. The van der Waals surface area contributed by atoms with Gasteiger partial charge in [0.05, 0.1) is 12.4 Å². The molecular weight excluding hydrogens is 202 g/mol. The molecule has 1 unspecified atom stereocenters. The molecule has 1 aromatic heterocycles. The van der Waals surface area contributed by atoms with Crippen LogP contribution in [0.1, 0.15) is 12.8 Å². The van der Waals surface area contributed by atoms with Gasteiger partial charge in [0, 0.05) is 19.6 Å². The molecule has 1 saturated heterocycles. The van der Waals surface area contributed by atoms with Crippen molar-refractivity contribution in [3.05, 3.63) is 12.4 Å². The Morgan fingerprint density at radius 1 is 1.50 bits per heavy atom. The largest absolute Gasteiger partial charge is 0.382 e. The summed E-state index contributed by atoms with van der Waals surface area (Å²) in [6.07, 6.45) is 5.79. The number of piperidine rings is 1. The Hall–Kier alpha value is -1.36. The van der Waals surface area contributed by atoms with E-state index in [9.17, 15) is 0 Å². The molecule has 2 heterocycles. The normalized spacial score (nSPS) is 22.0. The minimum Gasteiger partial charge on any atom is -0.382 e. The highest BCUT2D eigenvalue weighted by Gasteiger charge is 2.22. The van der Waals surface area contributed by atoms with Crippen molar-refractivity contribution in [1.82, 2.24) is 14.9 Å². The van der Waals surface area contributed by atoms with E-state index in [-0.39, 0.29) is 0 Å². The molecule has 0 aliphatic carbocycles. The minimum absolute atomic E-state index is 0.480. The molecule has 0 spiro atoms. The van der Waals surface area contributed by atoms with Crippen molar-refractivity contribution < 1.29 is 0 Å². The summed E-state index contributed by atoms with van der Waals surface area (Å²) in [6.45, 7) is 2.26. The summed E-state index contributed by atoms with van der Waals surface area (Å²) in [5.74, 6) is 1.34. The number of aromatic nitrogens is 2. The van der Waals surface area contributed by atoms with Crippen LogP contribution in [-0.4, -0.2) is 48.1 Å². The van der Waals surface area contributed by atoms with Gasteiger partial charge < -0.3 is 15.5 Å². The molecule has 0 amide bonds. The third-order valence-corrected chi connectivity index (χ3v) is 3.15. The summed E-state index contributed by atoms with van der Waals surface area (Å²) < 4.78 is 0. The van der Waals surface area contributed by atoms with Crippen LogP contribution in [0.15, 0.2) is 12.4 Å². The average Bonchev–Trinajstić information content (AvgIpc) is 2.28. The highest BCUT2D eigenvalue weighted by Crippen LogP contribution is 2.18. The van der Waals surface area contributed by atoms with Gasteiger partial charge in [-0.25, -0.2) is 4.98 Å². The number of rotatable bonds is 2. The van der Waals surface area contributed by atoms with Crippen LogP contribution in [0.25, 0.3) is 0 Å². The number of nitrogens with two attached hydrogens (primary N) is 1. The molecule has 1 aliphatic rings. The number of likely N-dealkylation sites (N-methyl/N-ethyl adjacent to an activating group) is 2. The van der Waals surface area contributed by atoms with Gasteiger partial charge in [-0.05, 0) is 26.4 Å². The van der Waals surface area contributed by atoms with Gasteiger partial charge in [-0.15, -0.1) is 0 Å². The van der Waals surface area contributed by atoms with E-state index in [1.165, 1.54) is 19.4 Å². The zero-order valence-electron chi connectivity index (χ0n) is 9.93. The van der Waals surface area contributed by atoms with E-state index in [0.717, 1.165) is 12.4 Å². The second kappa shape index (κ2) is 4.65. The molecule has 2 rings (SSSR count). The van der Waals surface area contributed by atoms with Crippen molar-refractivity contribution in [2.45, 2.75) is 18.9 Å². The molecule has 1 aliphatic heterocycles. The summed E-state index contributed by atoms with van der Waals surface area (Å²) in [4.78, 5) is 12.9. The van der Waals surface area contributed by atoms with Gasteiger partial charge in [0.1, 0.15) is 11.6 Å². The quantitative estimate of drug-likeness (QED) is 0.792. The first-order valence-electron chi connectivity index (χ1n) is 5.65. The first-order chi connectivity index (χ1) is 7.66. The molecule has 16 heavy (non-hydrogen) atoms. The van der Waals surface area contributed by atoms with Crippen LogP contribution in [0, 0.1) is 0 Å². The second-order valence-electron chi connectivity index (χ2n) is 4.47. The SMILES string of the molecule is CN1CCCC(N(C)c2cncc(N)n2)C1. The van der Waals surface area contributed by atoms with Gasteiger partial charge in [0.15, 0.2) is 0 Å². The van der Waals surface area contributed by atoms with E-state index in [1.807, 2.05) is 0 Å². The van der Waals surface area contributed by atoms with E-state index in [4.69, 9.17) is 5.73 Å². The summed E-state index contributed by atoms with van der Waals surface area (Å²) in [5, 5.41) is 0. The molecule has 5 nitrogen and oxygen atoms in total. The van der Waals surface area contributed by atoms with E-state index in [1.54, 1.807) is 12.4 Å². The molecule has 5 heteroatoms. The van der Waals surface area contributed by atoms with Gasteiger partial charge in [0.25, 0.3) is 0 Å². The maximum absolute atomic E-state index is 5.64. The van der Waals surface area contributed by atoms with Crippen LogP contribution in [0.3, 0.4) is 0 Å². The zero-order valence-corrected chi connectivity index (χ0v) is 9.93. The van der Waals surface area contributed by atoms with Crippen molar-refractivity contribution in [2.24, 2.45) is 0 Å². The maximum atomic E-state index is 5.64. The van der Waals surface area contributed by atoms with Gasteiger partial charge in [-0.2, -0.15) is 0 Å². The lowest BCUT2D eigenvalue weighted by atomic mass is 10.1. The smallest absolute Gasteiger partial charge is 0.149 e. The fraction of sp³-hybridized carbons (Fsp3) is 0.636. The zero-order chi connectivity index (χ0) is 11.5. The van der Waals surface area contributed by atoms with E-state index in [2.05, 4.69) is 33.9 Å². The topological polar surface area (TPSA) is 58.3 Å². The molecule has 1 aromatic rings. The number of nitrogens with zero attached hydrogens (tertiary/aromatic N) is 4. The Morgan fingerprint density at radius 3 is 3.00 bits per heavy atom. The summed E-state index contributed by atoms with van der Waals surface area (Å²) in [5.41, 5.74) is 5.64. The Kier molecular flexibility index (Phi) is 3.24. The highest BCUT2D eigenvalue weighted by atomic mass is 15.2. The van der Waals surface area contributed by atoms with Gasteiger partial charge in [-0.3, -0.25) is 4.98 Å². The Labute approximate surface area is 96.3 Å². The third-order valence-electron chi connectivity index (χ3n) is 3.15. The molecule has 0 saturated carbocycles. The molecule has 0 aromatic carbocycles. The standard InChI is InChI=1S/C11H19N5/c1-15-5-3-4-9(8-15)16(2)11-7-13-6-10(12)14-11/h6-7,9H,3-5,8H2,1-2H3,(H2,12,14). The second-order valence-corrected chi connectivity index (χ2v) is 4.47. The highest BCUT2D eigenvalue weighted by molar-refractivity contribution is 5.41. The summed E-state index contributed by atoms with van der Waals surface area (Å²) in [7, 11) is 4.22. The molecule has 1 atom stereocenters. The molecule has 1 fully saturated rings. The number of likely N-dealkylation sites (tertiary alicyclic amines) is 1. The summed E-state index contributed by atoms with van der Waals surface area (Å²) >= 11 is 0. The first kappa shape index (κ1) is 11.1. The molecule has 2 N–H and O–H groups in total. The number of hydrogen-bond donors (Lipinski definition) is 1. The van der Waals surface area contributed by atoms with Crippen molar-refractivity contribution in [3.8, 4) is 0 Å². The third kappa shape index (κ3) is 2.41. The van der Waals surface area contributed by atoms with Crippen LogP contribution >= 0.6 is 0 Å². The van der Waals surface area contributed by atoms with E-state index < -0.39 is 0 Å². The van der Waals surface area contributed by atoms with E-state index >= 15 is 0 Å². The van der Waals surface area contributed by atoms with Crippen LogP contribution in [0.5, 0.6) is 0 Å². The first-order valence-corrected chi connectivity index (χ1v) is 5.65. The molecular formula is C11H19N5. The summed E-state index contributed by atoms with van der Waals surface area (Å²) in [6, 6.07) is 0.509. The van der Waals surface area contributed by atoms with Crippen LogP contribution < -0.4 is 10.6 Å². The van der Waals surface area contributed by atoms with Crippen molar-refractivity contribution in [3.63, 3.8) is 0 Å². The minimum atomic E-state index is 0.480. The van der Waals surface area contributed by atoms with Gasteiger partial charge >= 0.3 is 0 Å². The predicted molar refractivity (Wildman–Crippen MR) is 65.4 cm³/mol. The van der Waals surface area contributed by atoms with Crippen LogP contribution in [0.2, 0.25) is 0 Å². The van der Waals surface area contributed by atoms with Crippen molar-refractivity contribution >= 4 is 11.6 Å². The number of anilines is 2. The van der Waals surface area contributed by atoms with Crippen molar-refractivity contribution in [2.75, 3.05) is 37.8 Å². The average molecular weight is 221 g/mol. The predicted octanol–water partition coefficient (Wildman–Crippen LogP) is 0.589. The monoisotopic (exact) mass is 221 g/mol. The number of nitrogen functional groups attached to an aromatic ring is 1. The van der Waals surface area contributed by atoms with Gasteiger partial charge in [-0.1, -0.05) is 0 Å². The van der Waals surface area contributed by atoms with Crippen LogP contribution in [-0.2, 0) is 0 Å². The van der Waals surface area contributed by atoms with Gasteiger partial charge in [0.2, 0.25) is 0 Å². The fourth-order valence-electron chi connectivity index (χ4n) is 2.18. The number of hydrogen-bond acceptors (Lipinski definition) is 5. The molecule has 0 radical (unpaired) electrons. The van der Waals surface area contributed by atoms with E-state index in [0.29, 0.717) is 11.9 Å². The van der Waals surface area contributed by atoms with Crippen molar-refractivity contribution in [1.29, 1.82) is 0 Å². The lowest BCUT2D eigenvalue weighted by Crippen LogP contribution is -2.45. The molecule has 88 valence electrons. The van der Waals surface area contributed by atoms with Crippen LogP contribution in [0.4, 0.5) is 11.6 Å². The fourth-order valence-corrected chi connectivity index (χ4v) is 2.18. The maximum Gasteiger partial charge on any atom is 0.149 e.